The lowest BCUT2D eigenvalue weighted by atomic mass is 9.99. The number of rotatable bonds is 6. The maximum atomic E-state index is 13.2. The van der Waals surface area contributed by atoms with Crippen molar-refractivity contribution in [1.82, 2.24) is 8.87 Å². The maximum Gasteiger partial charge on any atom is 0.252 e. The lowest BCUT2D eigenvalue weighted by Gasteiger charge is -2.30. The van der Waals surface area contributed by atoms with Crippen LogP contribution in [0.2, 0.25) is 5.02 Å². The van der Waals surface area contributed by atoms with Crippen molar-refractivity contribution >= 4 is 49.1 Å². The zero-order valence-corrected chi connectivity index (χ0v) is 20.3. The third kappa shape index (κ3) is 5.20. The van der Waals surface area contributed by atoms with Gasteiger partial charge < -0.3 is 9.30 Å². The fourth-order valence-electron chi connectivity index (χ4n) is 3.83. The molecule has 33 heavy (non-hydrogen) atoms. The second-order valence-electron chi connectivity index (χ2n) is 7.75. The van der Waals surface area contributed by atoms with Crippen LogP contribution in [0.3, 0.4) is 0 Å². The van der Waals surface area contributed by atoms with E-state index in [2.05, 4.69) is 4.99 Å². The molecule has 1 aliphatic heterocycles. The van der Waals surface area contributed by atoms with Crippen LogP contribution in [0.25, 0.3) is 10.2 Å². The number of carbonyl (C=O) groups is 1. The van der Waals surface area contributed by atoms with E-state index in [9.17, 15) is 17.6 Å². The van der Waals surface area contributed by atoms with E-state index in [0.29, 0.717) is 42.4 Å². The number of nitrogens with zero attached hydrogens (tertiary/aromatic N) is 3. The molecule has 3 aromatic rings. The van der Waals surface area contributed by atoms with Gasteiger partial charge in [0.05, 0.1) is 27.6 Å². The summed E-state index contributed by atoms with van der Waals surface area (Å²) in [5, 5.41) is 0.592. The average molecular weight is 512 g/mol. The number of sulfonamides is 1. The molecule has 0 radical (unpaired) electrons. The van der Waals surface area contributed by atoms with Crippen molar-refractivity contribution < 1.29 is 22.3 Å². The van der Waals surface area contributed by atoms with E-state index in [1.54, 1.807) is 13.2 Å². The summed E-state index contributed by atoms with van der Waals surface area (Å²) in [5.41, 5.74) is 0.900. The molecule has 11 heteroatoms. The quantitative estimate of drug-likeness (QED) is 0.505. The number of ether oxygens (including phenoxy) is 1. The van der Waals surface area contributed by atoms with E-state index in [-0.39, 0.29) is 17.3 Å². The second-order valence-corrected chi connectivity index (χ2v) is 11.1. The summed E-state index contributed by atoms with van der Waals surface area (Å²) in [5.74, 6) is -1.43. The lowest BCUT2D eigenvalue weighted by molar-refractivity contribution is -0.122. The Labute approximate surface area is 200 Å². The molecule has 2 aromatic carbocycles. The molecule has 1 atom stereocenters. The van der Waals surface area contributed by atoms with Gasteiger partial charge in [-0.15, -0.1) is 0 Å². The fourth-order valence-corrected chi connectivity index (χ4v) is 6.70. The number of benzene rings is 2. The Morgan fingerprint density at radius 2 is 2.03 bits per heavy atom. The van der Waals surface area contributed by atoms with Gasteiger partial charge in [-0.1, -0.05) is 22.9 Å². The SMILES string of the molecule is COCCn1c(=NC(=O)C2CCCN(S(=O)(=O)c3ccc(F)cc3)C2)sc2cc(Cl)ccc21. The fraction of sp³-hybridized carbons (Fsp3) is 0.364. The van der Waals surface area contributed by atoms with Crippen molar-refractivity contribution in [1.29, 1.82) is 0 Å². The third-order valence-corrected chi connectivity index (χ3v) is 8.71. The Morgan fingerprint density at radius 3 is 2.76 bits per heavy atom. The van der Waals surface area contributed by atoms with Gasteiger partial charge in [-0.2, -0.15) is 9.30 Å². The summed E-state index contributed by atoms with van der Waals surface area (Å²) in [6, 6.07) is 10.2. The van der Waals surface area contributed by atoms with Crippen LogP contribution >= 0.6 is 22.9 Å². The monoisotopic (exact) mass is 511 g/mol. The van der Waals surface area contributed by atoms with Crippen molar-refractivity contribution in [2.24, 2.45) is 10.9 Å². The number of amides is 1. The molecular formula is C22H23ClFN3O4S2. The molecular weight excluding hydrogens is 489 g/mol. The van der Waals surface area contributed by atoms with Crippen LogP contribution in [0.5, 0.6) is 0 Å². The molecule has 1 fully saturated rings. The zero-order valence-electron chi connectivity index (χ0n) is 17.9. The molecule has 2 heterocycles. The molecule has 0 bridgehead atoms. The Balaban J connectivity index is 1.62. The first-order chi connectivity index (χ1) is 15.8. The highest BCUT2D eigenvalue weighted by molar-refractivity contribution is 7.89. The van der Waals surface area contributed by atoms with E-state index < -0.39 is 21.8 Å². The van der Waals surface area contributed by atoms with Gasteiger partial charge in [0.2, 0.25) is 10.0 Å². The van der Waals surface area contributed by atoms with Gasteiger partial charge in [-0.05, 0) is 55.3 Å². The van der Waals surface area contributed by atoms with E-state index >= 15 is 0 Å². The topological polar surface area (TPSA) is 81.0 Å². The standard InChI is InChI=1S/C22H23ClFN3O4S2/c1-31-12-11-27-19-9-4-16(23)13-20(19)32-22(27)25-21(28)15-3-2-10-26(14-15)33(29,30)18-7-5-17(24)6-8-18/h4-9,13,15H,2-3,10-12,14H2,1H3. The first kappa shape index (κ1) is 24.0. The van der Waals surface area contributed by atoms with E-state index in [1.165, 1.54) is 27.8 Å². The van der Waals surface area contributed by atoms with Gasteiger partial charge in [-0.25, -0.2) is 12.8 Å². The molecule has 0 N–H and O–H groups in total. The first-order valence-electron chi connectivity index (χ1n) is 10.4. The Kier molecular flexibility index (Phi) is 7.30. The molecule has 7 nitrogen and oxygen atoms in total. The van der Waals surface area contributed by atoms with Gasteiger partial charge in [-0.3, -0.25) is 4.79 Å². The van der Waals surface area contributed by atoms with Crippen molar-refractivity contribution in [2.75, 3.05) is 26.8 Å². The van der Waals surface area contributed by atoms with Crippen molar-refractivity contribution in [3.63, 3.8) is 0 Å². The molecule has 1 aromatic heterocycles. The molecule has 1 aliphatic rings. The minimum atomic E-state index is -3.82. The highest BCUT2D eigenvalue weighted by Crippen LogP contribution is 2.25. The van der Waals surface area contributed by atoms with Gasteiger partial charge in [0, 0.05) is 31.8 Å². The van der Waals surface area contributed by atoms with Crippen LogP contribution in [0, 0.1) is 11.7 Å². The first-order valence-corrected chi connectivity index (χ1v) is 13.0. The van der Waals surface area contributed by atoms with Crippen molar-refractivity contribution in [2.45, 2.75) is 24.3 Å². The lowest BCUT2D eigenvalue weighted by Crippen LogP contribution is -2.42. The Morgan fingerprint density at radius 1 is 1.27 bits per heavy atom. The summed E-state index contributed by atoms with van der Waals surface area (Å²) in [6.45, 7) is 1.30. The van der Waals surface area contributed by atoms with Gasteiger partial charge in [0.1, 0.15) is 5.82 Å². The number of thiazole rings is 1. The Bertz CT molecular complexity index is 1340. The molecule has 0 saturated carbocycles. The predicted octanol–water partition coefficient (Wildman–Crippen LogP) is 3.67. The molecule has 176 valence electrons. The number of methoxy groups -OCH3 is 1. The largest absolute Gasteiger partial charge is 0.383 e. The summed E-state index contributed by atoms with van der Waals surface area (Å²) < 4.78 is 48.5. The average Bonchev–Trinajstić information content (AvgIpc) is 3.13. The summed E-state index contributed by atoms with van der Waals surface area (Å²) in [4.78, 5) is 18.0. The van der Waals surface area contributed by atoms with Crippen LogP contribution in [0.4, 0.5) is 4.39 Å². The van der Waals surface area contributed by atoms with Gasteiger partial charge in [0.25, 0.3) is 5.91 Å². The normalized spacial score (nSPS) is 18.2. The van der Waals surface area contributed by atoms with E-state index in [4.69, 9.17) is 16.3 Å². The number of fused-ring (bicyclic) bond motifs is 1. The van der Waals surface area contributed by atoms with Crippen LogP contribution in [0.15, 0.2) is 52.4 Å². The highest BCUT2D eigenvalue weighted by Gasteiger charge is 2.33. The van der Waals surface area contributed by atoms with E-state index in [1.807, 2.05) is 16.7 Å². The minimum absolute atomic E-state index is 0.00716. The Hall–Kier alpha value is -2.11. The van der Waals surface area contributed by atoms with Gasteiger partial charge in [0.15, 0.2) is 4.80 Å². The minimum Gasteiger partial charge on any atom is -0.383 e. The van der Waals surface area contributed by atoms with Crippen LogP contribution < -0.4 is 4.80 Å². The number of piperidine rings is 1. The van der Waals surface area contributed by atoms with Crippen LogP contribution in [-0.2, 0) is 26.1 Å². The van der Waals surface area contributed by atoms with Gasteiger partial charge >= 0.3 is 0 Å². The number of carbonyl (C=O) groups excluding carboxylic acids is 1. The van der Waals surface area contributed by atoms with Crippen LogP contribution in [-0.4, -0.2) is 50.0 Å². The molecule has 0 spiro atoms. The number of hydrogen-bond donors (Lipinski definition) is 0. The number of hydrogen-bond acceptors (Lipinski definition) is 5. The molecule has 1 amide bonds. The van der Waals surface area contributed by atoms with Crippen molar-refractivity contribution in [3.8, 4) is 0 Å². The van der Waals surface area contributed by atoms with Crippen molar-refractivity contribution in [3.05, 3.63) is 58.1 Å². The molecule has 0 aliphatic carbocycles. The third-order valence-electron chi connectivity index (χ3n) is 5.55. The predicted molar refractivity (Wildman–Crippen MR) is 125 cm³/mol. The summed E-state index contributed by atoms with van der Waals surface area (Å²) in [7, 11) is -2.22. The smallest absolute Gasteiger partial charge is 0.252 e. The second kappa shape index (κ2) is 10.0. The summed E-state index contributed by atoms with van der Waals surface area (Å²) >= 11 is 7.48. The van der Waals surface area contributed by atoms with Crippen LogP contribution in [0.1, 0.15) is 12.8 Å². The molecule has 1 saturated heterocycles. The molecule has 1 unspecified atom stereocenters. The zero-order chi connectivity index (χ0) is 23.6. The molecule has 4 rings (SSSR count). The highest BCUT2D eigenvalue weighted by atomic mass is 35.5. The number of aromatic nitrogens is 1. The van der Waals surface area contributed by atoms with E-state index in [0.717, 1.165) is 22.3 Å². The summed E-state index contributed by atoms with van der Waals surface area (Å²) in [6.07, 6.45) is 1.09. The number of halogens is 2. The maximum absolute atomic E-state index is 13.2.